The molecule has 0 saturated carbocycles. The number of nitrogens with zero attached hydrogens (tertiary/aromatic N) is 1. The lowest BCUT2D eigenvalue weighted by atomic mass is 10.2. The quantitative estimate of drug-likeness (QED) is 0.393. The minimum atomic E-state index is -0.954. The van der Waals surface area contributed by atoms with Crippen molar-refractivity contribution in [3.05, 3.63) is 59.4 Å². The van der Waals surface area contributed by atoms with Gasteiger partial charge in [-0.25, -0.2) is 13.2 Å². The van der Waals surface area contributed by atoms with Crippen LogP contribution < -0.4 is 10.5 Å². The number of ether oxygens (including phenoxy) is 1. The first kappa shape index (κ1) is 13.7. The summed E-state index contributed by atoms with van der Waals surface area (Å²) in [5, 5.41) is 11.2. The fourth-order valence-corrected chi connectivity index (χ4v) is 1.48. The molecular formula is C13H9F3N2O2. The van der Waals surface area contributed by atoms with Crippen LogP contribution in [-0.2, 0) is 0 Å². The number of hydrogen-bond acceptors (Lipinski definition) is 3. The molecule has 0 saturated heterocycles. The van der Waals surface area contributed by atoms with E-state index in [2.05, 4.69) is 5.16 Å². The second-order valence-corrected chi connectivity index (χ2v) is 3.81. The van der Waals surface area contributed by atoms with Crippen molar-refractivity contribution in [1.29, 1.82) is 0 Å². The lowest BCUT2D eigenvalue weighted by Crippen LogP contribution is -2.13. The van der Waals surface area contributed by atoms with Crippen molar-refractivity contribution >= 4 is 5.84 Å². The van der Waals surface area contributed by atoms with Crippen LogP contribution in [0.2, 0.25) is 0 Å². The molecule has 0 spiro atoms. The van der Waals surface area contributed by atoms with Gasteiger partial charge in [-0.3, -0.25) is 0 Å². The Kier molecular flexibility index (Phi) is 3.79. The Bertz CT molecular complexity index is 675. The molecule has 0 aliphatic rings. The highest BCUT2D eigenvalue weighted by atomic mass is 19.1. The van der Waals surface area contributed by atoms with Crippen molar-refractivity contribution in [2.24, 2.45) is 10.9 Å². The molecule has 0 atom stereocenters. The maximum atomic E-state index is 13.7. The van der Waals surface area contributed by atoms with E-state index in [1.165, 1.54) is 12.1 Å². The molecule has 0 unspecified atom stereocenters. The Morgan fingerprint density at radius 3 is 2.15 bits per heavy atom. The molecule has 2 aromatic rings. The lowest BCUT2D eigenvalue weighted by Gasteiger charge is -2.08. The Hall–Kier alpha value is -2.70. The molecule has 2 rings (SSSR count). The third-order valence-corrected chi connectivity index (χ3v) is 2.45. The largest absolute Gasteiger partial charge is 0.451 e. The smallest absolute Gasteiger partial charge is 0.170 e. The zero-order valence-corrected chi connectivity index (χ0v) is 9.98. The van der Waals surface area contributed by atoms with Gasteiger partial charge in [0.1, 0.15) is 5.82 Å². The number of hydrogen-bond donors (Lipinski definition) is 2. The van der Waals surface area contributed by atoms with Crippen LogP contribution in [0.5, 0.6) is 11.5 Å². The standard InChI is InChI=1S/C13H9F3N2O2/c14-8-2-4-12(10(16)6-8)20-11-3-1-7(5-9(11)15)13(17)18-19/h1-6,19H,(H2,17,18). The summed E-state index contributed by atoms with van der Waals surface area (Å²) in [7, 11) is 0. The molecule has 0 heterocycles. The van der Waals surface area contributed by atoms with Crippen LogP contribution in [0.15, 0.2) is 41.6 Å². The average molecular weight is 282 g/mol. The van der Waals surface area contributed by atoms with Crippen molar-refractivity contribution < 1.29 is 23.1 Å². The molecule has 0 amide bonds. The maximum Gasteiger partial charge on any atom is 0.170 e. The van der Waals surface area contributed by atoms with Gasteiger partial charge in [0.2, 0.25) is 0 Å². The lowest BCUT2D eigenvalue weighted by molar-refractivity contribution is 0.318. The molecule has 0 fully saturated rings. The molecule has 0 aliphatic carbocycles. The van der Waals surface area contributed by atoms with E-state index in [1.807, 2.05) is 0 Å². The van der Waals surface area contributed by atoms with Crippen LogP contribution in [0.4, 0.5) is 13.2 Å². The predicted molar refractivity (Wildman–Crippen MR) is 65.3 cm³/mol. The van der Waals surface area contributed by atoms with E-state index in [0.717, 1.165) is 18.2 Å². The summed E-state index contributed by atoms with van der Waals surface area (Å²) in [4.78, 5) is 0. The van der Waals surface area contributed by atoms with Gasteiger partial charge in [0.15, 0.2) is 29.0 Å². The topological polar surface area (TPSA) is 67.8 Å². The van der Waals surface area contributed by atoms with Crippen LogP contribution in [0.3, 0.4) is 0 Å². The molecule has 7 heteroatoms. The number of rotatable bonds is 3. The van der Waals surface area contributed by atoms with Crippen LogP contribution in [0.25, 0.3) is 0 Å². The maximum absolute atomic E-state index is 13.7. The van der Waals surface area contributed by atoms with Crippen LogP contribution >= 0.6 is 0 Å². The van der Waals surface area contributed by atoms with Gasteiger partial charge in [0.25, 0.3) is 0 Å². The summed E-state index contributed by atoms with van der Waals surface area (Å²) in [5.41, 5.74) is 5.43. The Morgan fingerprint density at radius 2 is 1.60 bits per heavy atom. The van der Waals surface area contributed by atoms with Gasteiger partial charge in [-0.05, 0) is 30.3 Å². The number of oxime groups is 1. The van der Waals surface area contributed by atoms with Gasteiger partial charge in [-0.2, -0.15) is 0 Å². The summed E-state index contributed by atoms with van der Waals surface area (Å²) in [6.45, 7) is 0. The predicted octanol–water partition coefficient (Wildman–Crippen LogP) is 2.99. The third-order valence-electron chi connectivity index (χ3n) is 2.45. The Balaban J connectivity index is 2.30. The normalized spacial score (nSPS) is 11.4. The van der Waals surface area contributed by atoms with Gasteiger partial charge < -0.3 is 15.7 Å². The first-order valence-electron chi connectivity index (χ1n) is 5.41. The summed E-state index contributed by atoms with van der Waals surface area (Å²) < 4.78 is 44.8. The van der Waals surface area contributed by atoms with Crippen molar-refractivity contribution in [3.63, 3.8) is 0 Å². The summed E-state index contributed by atoms with van der Waals surface area (Å²) in [5.74, 6) is -3.42. The number of amidine groups is 1. The molecule has 20 heavy (non-hydrogen) atoms. The highest BCUT2D eigenvalue weighted by Gasteiger charge is 2.11. The molecule has 4 nitrogen and oxygen atoms in total. The Labute approximate surface area is 111 Å². The Morgan fingerprint density at radius 1 is 1.00 bits per heavy atom. The van der Waals surface area contributed by atoms with Crippen LogP contribution in [0.1, 0.15) is 5.56 Å². The van der Waals surface area contributed by atoms with Gasteiger partial charge in [0, 0.05) is 11.6 Å². The summed E-state index contributed by atoms with van der Waals surface area (Å²) in [6, 6.07) is 6.13. The third kappa shape index (κ3) is 2.82. The van der Waals surface area contributed by atoms with Gasteiger partial charge in [-0.1, -0.05) is 5.16 Å². The van der Waals surface area contributed by atoms with Crippen molar-refractivity contribution in [2.75, 3.05) is 0 Å². The molecular weight excluding hydrogens is 273 g/mol. The van der Waals surface area contributed by atoms with Crippen molar-refractivity contribution in [2.45, 2.75) is 0 Å². The number of benzene rings is 2. The van der Waals surface area contributed by atoms with E-state index in [9.17, 15) is 13.2 Å². The molecule has 2 aromatic carbocycles. The van der Waals surface area contributed by atoms with E-state index in [0.29, 0.717) is 6.07 Å². The summed E-state index contributed by atoms with van der Waals surface area (Å²) >= 11 is 0. The number of halogens is 3. The van der Waals surface area contributed by atoms with Crippen molar-refractivity contribution in [1.82, 2.24) is 0 Å². The highest BCUT2D eigenvalue weighted by molar-refractivity contribution is 5.97. The van der Waals surface area contributed by atoms with E-state index in [1.54, 1.807) is 0 Å². The van der Waals surface area contributed by atoms with Crippen LogP contribution in [0, 0.1) is 17.5 Å². The molecule has 0 bridgehead atoms. The second-order valence-electron chi connectivity index (χ2n) is 3.81. The molecule has 0 radical (unpaired) electrons. The highest BCUT2D eigenvalue weighted by Crippen LogP contribution is 2.27. The second kappa shape index (κ2) is 5.52. The average Bonchev–Trinajstić information content (AvgIpc) is 2.42. The zero-order valence-electron chi connectivity index (χ0n) is 9.98. The van der Waals surface area contributed by atoms with E-state index < -0.39 is 17.5 Å². The fourth-order valence-electron chi connectivity index (χ4n) is 1.48. The minimum absolute atomic E-state index is 0.136. The molecule has 3 N–H and O–H groups in total. The van der Waals surface area contributed by atoms with E-state index >= 15 is 0 Å². The fraction of sp³-hybridized carbons (Fsp3) is 0. The minimum Gasteiger partial charge on any atom is -0.451 e. The molecule has 0 aromatic heterocycles. The molecule has 104 valence electrons. The van der Waals surface area contributed by atoms with Gasteiger partial charge in [-0.15, -0.1) is 0 Å². The number of nitrogens with two attached hydrogens (primary N) is 1. The zero-order chi connectivity index (χ0) is 14.7. The SMILES string of the molecule is N/C(=N\O)c1ccc(Oc2ccc(F)cc2F)c(F)c1. The van der Waals surface area contributed by atoms with Crippen molar-refractivity contribution in [3.8, 4) is 11.5 Å². The first-order chi connectivity index (χ1) is 9.51. The van der Waals surface area contributed by atoms with E-state index in [4.69, 9.17) is 15.7 Å². The molecule has 0 aliphatic heterocycles. The van der Waals surface area contributed by atoms with E-state index in [-0.39, 0.29) is 22.9 Å². The first-order valence-corrected chi connectivity index (χ1v) is 5.41. The summed E-state index contributed by atoms with van der Waals surface area (Å²) in [6.07, 6.45) is 0. The van der Waals surface area contributed by atoms with Crippen LogP contribution in [-0.4, -0.2) is 11.0 Å². The monoisotopic (exact) mass is 282 g/mol. The van der Waals surface area contributed by atoms with Gasteiger partial charge >= 0.3 is 0 Å². The van der Waals surface area contributed by atoms with Gasteiger partial charge in [0.05, 0.1) is 0 Å².